The van der Waals surface area contributed by atoms with Crippen LogP contribution in [0.25, 0.3) is 22.4 Å². The summed E-state index contributed by atoms with van der Waals surface area (Å²) in [5, 5.41) is 4.95. The van der Waals surface area contributed by atoms with Gasteiger partial charge in [0, 0.05) is 29.1 Å². The Labute approximate surface area is 169 Å². The maximum Gasteiger partial charge on any atom is 0.466 e. The molecule has 1 aliphatic heterocycles. The van der Waals surface area contributed by atoms with Crippen LogP contribution in [-0.4, -0.2) is 28.2 Å². The number of hydrogen-bond donors (Lipinski definition) is 1. The minimum absolute atomic E-state index is 0.355. The average molecular weight is 447 g/mol. The molecule has 4 rings (SSSR count). The van der Waals surface area contributed by atoms with Crippen molar-refractivity contribution < 1.29 is 17.3 Å². The van der Waals surface area contributed by atoms with Crippen molar-refractivity contribution in [3.63, 3.8) is 0 Å². The molecular weight excluding hydrogens is 437 g/mol. The van der Waals surface area contributed by atoms with E-state index in [1.165, 1.54) is 0 Å². The van der Waals surface area contributed by atoms with Crippen molar-refractivity contribution in [2.75, 3.05) is 0 Å². The molecule has 1 aliphatic rings. The lowest BCUT2D eigenvalue weighted by Crippen LogP contribution is -2.17. The second-order valence-electron chi connectivity index (χ2n) is 5.79. The number of aryl methyl sites for hydroxylation is 1. The lowest BCUT2D eigenvalue weighted by Gasteiger charge is -2.18. The van der Waals surface area contributed by atoms with Crippen LogP contribution in [0, 0.1) is 0 Å². The van der Waals surface area contributed by atoms with E-state index in [2.05, 4.69) is 14.4 Å². The molecule has 140 valence electrons. The van der Waals surface area contributed by atoms with Gasteiger partial charge in [0.2, 0.25) is 0 Å². The molecule has 1 aromatic heterocycles. The zero-order chi connectivity index (χ0) is 19.3. The normalized spacial score (nSPS) is 15.5. The predicted octanol–water partition coefficient (Wildman–Crippen LogP) is 4.59. The molecule has 11 heteroatoms. The van der Waals surface area contributed by atoms with Gasteiger partial charge in [-0.3, -0.25) is 4.55 Å². The van der Waals surface area contributed by atoms with Crippen LogP contribution in [0.2, 0.25) is 15.1 Å². The number of benzene rings is 2. The first-order chi connectivity index (χ1) is 12.7. The fourth-order valence-corrected chi connectivity index (χ4v) is 3.94. The lowest BCUT2D eigenvalue weighted by atomic mass is 10.0. The highest BCUT2D eigenvalue weighted by Gasteiger charge is 2.26. The van der Waals surface area contributed by atoms with Gasteiger partial charge in [-0.05, 0) is 30.3 Å². The van der Waals surface area contributed by atoms with Crippen LogP contribution in [0.5, 0.6) is 0 Å². The molecule has 0 fully saturated rings. The Balaban J connectivity index is 1.95. The molecule has 0 bridgehead atoms. The predicted molar refractivity (Wildman–Crippen MR) is 104 cm³/mol. The van der Waals surface area contributed by atoms with Crippen molar-refractivity contribution in [2.24, 2.45) is 5.16 Å². The summed E-state index contributed by atoms with van der Waals surface area (Å²) < 4.78 is 36.5. The zero-order valence-electron chi connectivity index (χ0n) is 13.4. The number of imidazole rings is 1. The Morgan fingerprint density at radius 2 is 1.85 bits per heavy atom. The second kappa shape index (κ2) is 6.65. The topological polar surface area (TPSA) is 93.8 Å². The van der Waals surface area contributed by atoms with Crippen molar-refractivity contribution in [2.45, 2.75) is 13.0 Å². The van der Waals surface area contributed by atoms with E-state index in [1.54, 1.807) is 30.3 Å². The number of rotatable bonds is 3. The Hall–Kier alpha value is -1.84. The third-order valence-corrected chi connectivity index (χ3v) is 5.26. The fourth-order valence-electron chi connectivity index (χ4n) is 3.07. The molecule has 3 aromatic rings. The zero-order valence-corrected chi connectivity index (χ0v) is 16.4. The summed E-state index contributed by atoms with van der Waals surface area (Å²) >= 11 is 18.6. The Morgan fingerprint density at radius 1 is 1.11 bits per heavy atom. The first-order valence-electron chi connectivity index (χ1n) is 7.62. The largest absolute Gasteiger partial charge is 0.466 e. The highest BCUT2D eigenvalue weighted by molar-refractivity contribution is 7.80. The van der Waals surface area contributed by atoms with Gasteiger partial charge in [-0.25, -0.2) is 9.27 Å². The number of hydrogen-bond acceptors (Lipinski definition) is 5. The highest BCUT2D eigenvalue weighted by atomic mass is 35.5. The first-order valence-corrected chi connectivity index (χ1v) is 10.1. The molecule has 0 amide bonds. The van der Waals surface area contributed by atoms with Gasteiger partial charge in [0.25, 0.3) is 0 Å². The first kappa shape index (κ1) is 18.5. The minimum Gasteiger partial charge on any atom is -0.323 e. The third-order valence-electron chi connectivity index (χ3n) is 4.14. The van der Waals surface area contributed by atoms with E-state index >= 15 is 0 Å². The van der Waals surface area contributed by atoms with Crippen molar-refractivity contribution >= 4 is 61.9 Å². The van der Waals surface area contributed by atoms with Crippen LogP contribution in [0.3, 0.4) is 0 Å². The van der Waals surface area contributed by atoms with E-state index in [4.69, 9.17) is 39.4 Å². The van der Waals surface area contributed by atoms with Crippen LogP contribution in [-0.2, 0) is 21.2 Å². The van der Waals surface area contributed by atoms with Crippen molar-refractivity contribution in [1.29, 1.82) is 0 Å². The maximum absolute atomic E-state index is 10.8. The van der Waals surface area contributed by atoms with Crippen molar-refractivity contribution in [3.8, 4) is 11.4 Å². The smallest absolute Gasteiger partial charge is 0.323 e. The highest BCUT2D eigenvalue weighted by Crippen LogP contribution is 2.37. The molecule has 0 aliphatic carbocycles. The summed E-state index contributed by atoms with van der Waals surface area (Å²) in [6, 6.07) is 8.45. The molecule has 0 saturated carbocycles. The molecule has 27 heavy (non-hydrogen) atoms. The molecule has 2 heterocycles. The van der Waals surface area contributed by atoms with E-state index in [1.807, 2.05) is 4.57 Å². The van der Waals surface area contributed by atoms with Gasteiger partial charge in [0.15, 0.2) is 0 Å². The van der Waals surface area contributed by atoms with E-state index in [0.717, 1.165) is 0 Å². The van der Waals surface area contributed by atoms with Crippen LogP contribution in [0.1, 0.15) is 12.0 Å². The number of oxime groups is 1. The summed E-state index contributed by atoms with van der Waals surface area (Å²) in [7, 11) is -4.69. The molecule has 0 unspecified atom stereocenters. The second-order valence-corrected chi connectivity index (χ2v) is 8.05. The van der Waals surface area contributed by atoms with Crippen molar-refractivity contribution in [3.05, 3.63) is 51.0 Å². The van der Waals surface area contributed by atoms with Crippen LogP contribution >= 0.6 is 34.8 Å². The van der Waals surface area contributed by atoms with Gasteiger partial charge in [0.05, 0.1) is 21.3 Å². The van der Waals surface area contributed by atoms with E-state index in [-0.39, 0.29) is 0 Å². The van der Waals surface area contributed by atoms with Gasteiger partial charge >= 0.3 is 10.4 Å². The van der Waals surface area contributed by atoms with Gasteiger partial charge in [-0.1, -0.05) is 40.0 Å². The SMILES string of the molecule is O=S(=O)(O)O/N=C1\CCn2c(-c3ccc(Cl)cc3Cl)nc3c(Cl)ccc1c32. The molecular formula is C16H10Cl3N3O4S. The van der Waals surface area contributed by atoms with Crippen LogP contribution in [0.4, 0.5) is 0 Å². The Morgan fingerprint density at radius 3 is 2.56 bits per heavy atom. The monoisotopic (exact) mass is 445 g/mol. The standard InChI is InChI=1S/C16H10Cl3N3O4S/c17-8-1-2-9(12(19)7-8)16-20-14-11(18)4-3-10-13(21-26-27(23,24)25)5-6-22(16)15(10)14/h1-4,7H,5-6H2,(H,23,24,25)/b21-13+. The fraction of sp³-hybridized carbons (Fsp3) is 0.125. The lowest BCUT2D eigenvalue weighted by molar-refractivity contribution is 0.281. The Bertz CT molecular complexity index is 1220. The van der Waals surface area contributed by atoms with Crippen LogP contribution < -0.4 is 0 Å². The molecule has 0 saturated heterocycles. The maximum atomic E-state index is 10.8. The van der Waals surface area contributed by atoms with Crippen LogP contribution in [0.15, 0.2) is 35.5 Å². The van der Waals surface area contributed by atoms with Gasteiger partial charge in [0.1, 0.15) is 11.3 Å². The third kappa shape index (κ3) is 3.39. The average Bonchev–Trinajstić information content (AvgIpc) is 2.97. The van der Waals surface area contributed by atoms with E-state index < -0.39 is 10.4 Å². The number of nitrogens with zero attached hydrogens (tertiary/aromatic N) is 3. The Kier molecular flexibility index (Phi) is 4.56. The summed E-state index contributed by atoms with van der Waals surface area (Å²) in [5.41, 5.74) is 2.85. The van der Waals surface area contributed by atoms with Gasteiger partial charge < -0.3 is 4.57 Å². The molecule has 2 aromatic carbocycles. The summed E-state index contributed by atoms with van der Waals surface area (Å²) in [4.78, 5) is 4.63. The molecule has 0 spiro atoms. The number of halogens is 3. The van der Waals surface area contributed by atoms with Gasteiger partial charge in [-0.15, -0.1) is 0 Å². The van der Waals surface area contributed by atoms with Gasteiger partial charge in [-0.2, -0.15) is 8.42 Å². The van der Waals surface area contributed by atoms with E-state index in [9.17, 15) is 8.42 Å². The summed E-state index contributed by atoms with van der Waals surface area (Å²) in [6.45, 7) is 0.436. The summed E-state index contributed by atoms with van der Waals surface area (Å²) in [6.07, 6.45) is 0.355. The molecule has 1 N–H and O–H groups in total. The summed E-state index contributed by atoms with van der Waals surface area (Å²) in [5.74, 6) is 0.607. The van der Waals surface area contributed by atoms with E-state index in [0.29, 0.717) is 61.7 Å². The minimum atomic E-state index is -4.69. The molecule has 0 radical (unpaired) electrons. The van der Waals surface area contributed by atoms with Crippen molar-refractivity contribution in [1.82, 2.24) is 9.55 Å². The molecule has 7 nitrogen and oxygen atoms in total. The quantitative estimate of drug-likeness (QED) is 0.469. The number of aromatic nitrogens is 2. The molecule has 0 atom stereocenters.